The number of carbonyl (C=O) groups excluding carboxylic acids is 3. The maximum absolute atomic E-state index is 11.7. The van der Waals surface area contributed by atoms with Crippen molar-refractivity contribution in [1.82, 2.24) is 10.9 Å². The maximum atomic E-state index is 11.7. The molecule has 26 heavy (non-hydrogen) atoms. The van der Waals surface area contributed by atoms with Crippen LogP contribution in [0.15, 0.2) is 48.5 Å². The Morgan fingerprint density at radius 1 is 1.00 bits per heavy atom. The number of esters is 1. The molecule has 0 aliphatic rings. The average molecular weight is 377 g/mol. The van der Waals surface area contributed by atoms with E-state index in [-0.39, 0.29) is 6.61 Å². The molecular formula is C18H17ClN2O5. The first-order chi connectivity index (χ1) is 12.5. The fraction of sp³-hybridized carbons (Fsp3) is 0.167. The number of benzene rings is 2. The molecule has 7 nitrogen and oxygen atoms in total. The normalized spacial score (nSPS) is 9.92. The van der Waals surface area contributed by atoms with Crippen LogP contribution in [-0.4, -0.2) is 31.0 Å². The van der Waals surface area contributed by atoms with Gasteiger partial charge in [-0.25, -0.2) is 4.79 Å². The summed E-state index contributed by atoms with van der Waals surface area (Å²) in [6, 6.07) is 13.3. The van der Waals surface area contributed by atoms with Crippen LogP contribution in [0.1, 0.15) is 15.9 Å². The molecule has 0 aromatic heterocycles. The van der Waals surface area contributed by atoms with Gasteiger partial charge in [0.25, 0.3) is 11.8 Å². The molecule has 2 aromatic carbocycles. The number of hydrogen-bond donors (Lipinski definition) is 2. The Hall–Kier alpha value is -3.06. The van der Waals surface area contributed by atoms with E-state index in [0.29, 0.717) is 16.3 Å². The lowest BCUT2D eigenvalue weighted by Crippen LogP contribution is -2.43. The van der Waals surface area contributed by atoms with Crippen LogP contribution >= 0.6 is 11.6 Å². The molecule has 0 spiro atoms. The zero-order valence-corrected chi connectivity index (χ0v) is 14.7. The van der Waals surface area contributed by atoms with Gasteiger partial charge in [0.15, 0.2) is 13.2 Å². The van der Waals surface area contributed by atoms with E-state index in [0.717, 1.165) is 5.56 Å². The van der Waals surface area contributed by atoms with E-state index in [1.807, 2.05) is 6.92 Å². The highest BCUT2D eigenvalue weighted by molar-refractivity contribution is 6.31. The zero-order valence-electron chi connectivity index (χ0n) is 14.0. The average Bonchev–Trinajstić information content (AvgIpc) is 2.66. The van der Waals surface area contributed by atoms with Crippen molar-refractivity contribution in [3.63, 3.8) is 0 Å². The van der Waals surface area contributed by atoms with E-state index in [2.05, 4.69) is 10.9 Å². The number of ether oxygens (including phenoxy) is 2. The molecule has 0 saturated carbocycles. The van der Waals surface area contributed by atoms with Crippen LogP contribution in [0.25, 0.3) is 0 Å². The number of halogens is 1. The third kappa shape index (κ3) is 6.10. The van der Waals surface area contributed by atoms with Gasteiger partial charge in [0, 0.05) is 10.6 Å². The Kier molecular flexibility index (Phi) is 6.99. The highest BCUT2D eigenvalue weighted by Crippen LogP contribution is 2.20. The van der Waals surface area contributed by atoms with E-state index in [4.69, 9.17) is 21.1 Å². The fourth-order valence-electron chi connectivity index (χ4n) is 1.86. The number of hydrazine groups is 1. The molecule has 0 heterocycles. The molecule has 136 valence electrons. The predicted molar refractivity (Wildman–Crippen MR) is 94.7 cm³/mol. The third-order valence-electron chi connectivity index (χ3n) is 3.20. The van der Waals surface area contributed by atoms with Gasteiger partial charge in [0.2, 0.25) is 0 Å². The monoisotopic (exact) mass is 376 g/mol. The second kappa shape index (κ2) is 9.43. The summed E-state index contributed by atoms with van der Waals surface area (Å²) in [4.78, 5) is 34.9. The number of hydrogen-bond acceptors (Lipinski definition) is 5. The maximum Gasteiger partial charge on any atom is 0.344 e. The molecule has 0 fully saturated rings. The quantitative estimate of drug-likeness (QED) is 0.594. The van der Waals surface area contributed by atoms with E-state index >= 15 is 0 Å². The second-order valence-corrected chi connectivity index (χ2v) is 5.64. The second-order valence-electron chi connectivity index (χ2n) is 5.23. The van der Waals surface area contributed by atoms with Crippen LogP contribution in [0.5, 0.6) is 5.75 Å². The smallest absolute Gasteiger partial charge is 0.344 e. The number of carbonyl (C=O) groups is 3. The van der Waals surface area contributed by atoms with Crippen LogP contribution in [0.2, 0.25) is 5.02 Å². The molecule has 0 saturated heterocycles. The molecule has 2 rings (SSSR count). The lowest BCUT2D eigenvalue weighted by molar-refractivity contribution is -0.150. The summed E-state index contributed by atoms with van der Waals surface area (Å²) in [5.74, 6) is -1.41. The van der Waals surface area contributed by atoms with Gasteiger partial charge in [-0.2, -0.15) is 0 Å². The van der Waals surface area contributed by atoms with Crippen molar-refractivity contribution in [2.75, 3.05) is 13.2 Å². The molecule has 0 bridgehead atoms. The summed E-state index contributed by atoms with van der Waals surface area (Å²) in [6.07, 6.45) is 0. The van der Waals surface area contributed by atoms with Gasteiger partial charge in [0.05, 0.1) is 0 Å². The van der Waals surface area contributed by atoms with E-state index in [1.165, 1.54) is 0 Å². The molecule has 0 atom stereocenters. The predicted octanol–water partition coefficient (Wildman–Crippen LogP) is 2.03. The minimum absolute atomic E-state index is 0.356. The Labute approximate surface area is 155 Å². The standard InChI is InChI=1S/C18H17ClN2O5/c1-12-9-14(7-8-15(12)19)25-11-17(23)26-10-16(22)20-21-18(24)13-5-3-2-4-6-13/h2-9H,10-11H2,1H3,(H,20,22)(H,21,24). The van der Waals surface area contributed by atoms with Crippen LogP contribution < -0.4 is 15.6 Å². The van der Waals surface area contributed by atoms with Crippen LogP contribution in [0.3, 0.4) is 0 Å². The highest BCUT2D eigenvalue weighted by atomic mass is 35.5. The summed E-state index contributed by atoms with van der Waals surface area (Å²) in [5, 5.41) is 0.592. The topological polar surface area (TPSA) is 93.7 Å². The zero-order chi connectivity index (χ0) is 18.9. The SMILES string of the molecule is Cc1cc(OCC(=O)OCC(=O)NNC(=O)c2ccccc2)ccc1Cl. The van der Waals surface area contributed by atoms with Gasteiger partial charge in [-0.1, -0.05) is 29.8 Å². The lowest BCUT2D eigenvalue weighted by atomic mass is 10.2. The minimum Gasteiger partial charge on any atom is -0.482 e. The molecule has 0 aliphatic carbocycles. The summed E-state index contributed by atoms with van der Waals surface area (Å²) in [5.41, 5.74) is 5.57. The van der Waals surface area contributed by atoms with Gasteiger partial charge in [-0.05, 0) is 42.8 Å². The number of amides is 2. The number of aryl methyl sites for hydroxylation is 1. The number of nitrogens with one attached hydrogen (secondary N) is 2. The molecule has 0 radical (unpaired) electrons. The Morgan fingerprint density at radius 2 is 1.73 bits per heavy atom. The first kappa shape index (κ1) is 19.3. The van der Waals surface area contributed by atoms with Crippen molar-refractivity contribution >= 4 is 29.4 Å². The van der Waals surface area contributed by atoms with Crippen LogP contribution in [0.4, 0.5) is 0 Å². The van der Waals surface area contributed by atoms with Gasteiger partial charge in [-0.3, -0.25) is 20.4 Å². The van der Waals surface area contributed by atoms with Gasteiger partial charge in [-0.15, -0.1) is 0 Å². The van der Waals surface area contributed by atoms with Crippen molar-refractivity contribution in [2.45, 2.75) is 6.92 Å². The minimum atomic E-state index is -0.720. The Morgan fingerprint density at radius 3 is 2.42 bits per heavy atom. The van der Waals surface area contributed by atoms with Crippen molar-refractivity contribution in [3.05, 3.63) is 64.7 Å². The molecule has 0 unspecified atom stereocenters. The highest BCUT2D eigenvalue weighted by Gasteiger charge is 2.10. The van der Waals surface area contributed by atoms with E-state index in [1.54, 1.807) is 48.5 Å². The molecule has 0 aliphatic heterocycles. The van der Waals surface area contributed by atoms with Gasteiger partial charge >= 0.3 is 5.97 Å². The third-order valence-corrected chi connectivity index (χ3v) is 3.63. The van der Waals surface area contributed by atoms with E-state index < -0.39 is 24.4 Å². The molecule has 2 N–H and O–H groups in total. The van der Waals surface area contributed by atoms with Gasteiger partial charge < -0.3 is 9.47 Å². The largest absolute Gasteiger partial charge is 0.482 e. The summed E-state index contributed by atoms with van der Waals surface area (Å²) >= 11 is 5.90. The Balaban J connectivity index is 1.67. The molecular weight excluding hydrogens is 360 g/mol. The summed E-state index contributed by atoms with van der Waals surface area (Å²) in [7, 11) is 0. The van der Waals surface area contributed by atoms with Crippen molar-refractivity contribution in [3.8, 4) is 5.75 Å². The summed E-state index contributed by atoms with van der Waals surface area (Å²) < 4.78 is 10.0. The molecule has 2 amide bonds. The van der Waals surface area contributed by atoms with E-state index in [9.17, 15) is 14.4 Å². The van der Waals surface area contributed by atoms with Crippen molar-refractivity contribution in [2.24, 2.45) is 0 Å². The number of rotatable bonds is 6. The van der Waals surface area contributed by atoms with Crippen molar-refractivity contribution < 1.29 is 23.9 Å². The van der Waals surface area contributed by atoms with Crippen molar-refractivity contribution in [1.29, 1.82) is 0 Å². The van der Waals surface area contributed by atoms with Crippen LogP contribution in [0, 0.1) is 6.92 Å². The summed E-state index contributed by atoms with van der Waals surface area (Å²) in [6.45, 7) is 0.906. The van der Waals surface area contributed by atoms with Gasteiger partial charge in [0.1, 0.15) is 5.75 Å². The first-order valence-corrected chi connectivity index (χ1v) is 8.02. The Bertz CT molecular complexity index is 795. The first-order valence-electron chi connectivity index (χ1n) is 7.64. The lowest BCUT2D eigenvalue weighted by Gasteiger charge is -2.09. The molecule has 8 heteroatoms. The van der Waals surface area contributed by atoms with Crippen LogP contribution in [-0.2, 0) is 14.3 Å². The fourth-order valence-corrected chi connectivity index (χ4v) is 1.98. The molecule has 2 aromatic rings.